The van der Waals surface area contributed by atoms with Crippen molar-refractivity contribution in [3.63, 3.8) is 0 Å². The van der Waals surface area contributed by atoms with Gasteiger partial charge in [0.05, 0.1) is 13.2 Å². The van der Waals surface area contributed by atoms with Crippen LogP contribution in [0.4, 0.5) is 0 Å². The average Bonchev–Trinajstić information content (AvgIpc) is 1.95. The zero-order valence-corrected chi connectivity index (χ0v) is 7.78. The topological polar surface area (TPSA) is 9.23 Å². The van der Waals surface area contributed by atoms with Crippen LogP contribution in [0.2, 0.25) is 0 Å². The third kappa shape index (κ3) is 2.24. The van der Waals surface area contributed by atoms with Gasteiger partial charge in [-0.2, -0.15) is 12.6 Å². The van der Waals surface area contributed by atoms with Gasteiger partial charge in [-0.05, 0) is 18.6 Å². The van der Waals surface area contributed by atoms with E-state index in [2.05, 4.69) is 19.2 Å². The van der Waals surface area contributed by atoms with Crippen molar-refractivity contribution in [3.05, 3.63) is 12.7 Å². The van der Waals surface area contributed by atoms with Crippen molar-refractivity contribution in [1.82, 2.24) is 0 Å². The summed E-state index contributed by atoms with van der Waals surface area (Å²) < 4.78 is 5.41. The highest BCUT2D eigenvalue weighted by atomic mass is 32.1. The van der Waals surface area contributed by atoms with Gasteiger partial charge in [-0.3, -0.25) is 0 Å². The Hall–Kier alpha value is 0.0500. The van der Waals surface area contributed by atoms with Crippen LogP contribution in [0.25, 0.3) is 0 Å². The number of hydrogen-bond donors (Lipinski definition) is 1. The molecule has 1 aliphatic rings. The number of thiol groups is 1. The molecule has 0 aromatic heterocycles. The Labute approximate surface area is 74.2 Å². The van der Waals surface area contributed by atoms with Gasteiger partial charge in [0, 0.05) is 5.41 Å². The van der Waals surface area contributed by atoms with Gasteiger partial charge in [-0.1, -0.05) is 12.5 Å². The molecule has 2 heteroatoms. The summed E-state index contributed by atoms with van der Waals surface area (Å²) in [6.45, 7) is 5.15. The SMILES string of the molecule is C=CCOCC1(CS)CCC1. The molecule has 0 radical (unpaired) electrons. The fraction of sp³-hybridized carbons (Fsp3) is 0.778. The summed E-state index contributed by atoms with van der Waals surface area (Å²) in [5.74, 6) is 0.962. The molecule has 0 spiro atoms. The first kappa shape index (κ1) is 9.14. The maximum atomic E-state index is 5.41. The van der Waals surface area contributed by atoms with Crippen LogP contribution in [-0.4, -0.2) is 19.0 Å². The van der Waals surface area contributed by atoms with E-state index in [-0.39, 0.29) is 0 Å². The summed E-state index contributed by atoms with van der Waals surface area (Å²) in [4.78, 5) is 0. The molecule has 0 saturated heterocycles. The molecule has 1 fully saturated rings. The quantitative estimate of drug-likeness (QED) is 0.380. The number of hydrogen-bond acceptors (Lipinski definition) is 2. The van der Waals surface area contributed by atoms with E-state index in [1.54, 1.807) is 6.08 Å². The molecule has 64 valence electrons. The maximum Gasteiger partial charge on any atom is 0.0645 e. The average molecular weight is 172 g/mol. The zero-order chi connectivity index (χ0) is 8.16. The summed E-state index contributed by atoms with van der Waals surface area (Å²) in [5.41, 5.74) is 0.409. The van der Waals surface area contributed by atoms with Crippen molar-refractivity contribution in [2.75, 3.05) is 19.0 Å². The second-order valence-electron chi connectivity index (χ2n) is 3.32. The van der Waals surface area contributed by atoms with Gasteiger partial charge < -0.3 is 4.74 Å². The van der Waals surface area contributed by atoms with E-state index in [4.69, 9.17) is 4.74 Å². The fourth-order valence-corrected chi connectivity index (χ4v) is 1.79. The Morgan fingerprint density at radius 2 is 2.27 bits per heavy atom. The van der Waals surface area contributed by atoms with Crippen LogP contribution >= 0.6 is 12.6 Å². The molecule has 0 amide bonds. The van der Waals surface area contributed by atoms with Crippen LogP contribution in [0.1, 0.15) is 19.3 Å². The molecule has 0 aliphatic heterocycles. The van der Waals surface area contributed by atoms with Gasteiger partial charge >= 0.3 is 0 Å². The monoisotopic (exact) mass is 172 g/mol. The Kier molecular flexibility index (Phi) is 3.46. The van der Waals surface area contributed by atoms with E-state index in [0.717, 1.165) is 12.4 Å². The van der Waals surface area contributed by atoms with Crippen molar-refractivity contribution in [3.8, 4) is 0 Å². The summed E-state index contributed by atoms with van der Waals surface area (Å²) in [7, 11) is 0. The smallest absolute Gasteiger partial charge is 0.0645 e. The molecule has 0 unspecified atom stereocenters. The van der Waals surface area contributed by atoms with Gasteiger partial charge in [0.15, 0.2) is 0 Å². The molecular formula is C9H16OS. The molecule has 1 nitrogen and oxygen atoms in total. The normalized spacial score (nSPS) is 20.8. The second kappa shape index (κ2) is 4.17. The second-order valence-corrected chi connectivity index (χ2v) is 3.63. The van der Waals surface area contributed by atoms with Crippen LogP contribution in [0.3, 0.4) is 0 Å². The summed E-state index contributed by atoms with van der Waals surface area (Å²) in [6, 6.07) is 0. The molecule has 1 rings (SSSR count). The van der Waals surface area contributed by atoms with Gasteiger partial charge in [0.2, 0.25) is 0 Å². The highest BCUT2D eigenvalue weighted by Crippen LogP contribution is 2.41. The van der Waals surface area contributed by atoms with E-state index in [1.807, 2.05) is 0 Å². The van der Waals surface area contributed by atoms with Crippen LogP contribution in [0.15, 0.2) is 12.7 Å². The first-order valence-corrected chi connectivity index (χ1v) is 4.76. The van der Waals surface area contributed by atoms with Crippen molar-refractivity contribution in [2.45, 2.75) is 19.3 Å². The minimum Gasteiger partial charge on any atom is -0.377 e. The molecule has 11 heavy (non-hydrogen) atoms. The Morgan fingerprint density at radius 3 is 2.64 bits per heavy atom. The fourth-order valence-electron chi connectivity index (χ4n) is 1.38. The van der Waals surface area contributed by atoms with E-state index < -0.39 is 0 Å². The summed E-state index contributed by atoms with van der Waals surface area (Å²) in [5, 5.41) is 0. The molecule has 0 aromatic rings. The third-order valence-electron chi connectivity index (χ3n) is 2.39. The van der Waals surface area contributed by atoms with E-state index in [1.165, 1.54) is 19.3 Å². The highest BCUT2D eigenvalue weighted by Gasteiger charge is 2.35. The summed E-state index contributed by atoms with van der Waals surface area (Å²) >= 11 is 4.33. The van der Waals surface area contributed by atoms with E-state index in [0.29, 0.717) is 12.0 Å². The first-order valence-electron chi connectivity index (χ1n) is 4.12. The van der Waals surface area contributed by atoms with Gasteiger partial charge in [0.25, 0.3) is 0 Å². The molecule has 0 N–H and O–H groups in total. The largest absolute Gasteiger partial charge is 0.377 e. The molecule has 0 heterocycles. The van der Waals surface area contributed by atoms with Crippen LogP contribution in [0, 0.1) is 5.41 Å². The van der Waals surface area contributed by atoms with Crippen molar-refractivity contribution < 1.29 is 4.74 Å². The minimum absolute atomic E-state index is 0.409. The van der Waals surface area contributed by atoms with E-state index in [9.17, 15) is 0 Å². The number of ether oxygens (including phenoxy) is 1. The van der Waals surface area contributed by atoms with Gasteiger partial charge in [0.1, 0.15) is 0 Å². The Bertz CT molecular complexity index is 124. The number of rotatable bonds is 5. The molecule has 1 aliphatic carbocycles. The predicted octanol–water partition coefficient (Wildman–Crippen LogP) is 2.29. The lowest BCUT2D eigenvalue weighted by Crippen LogP contribution is -2.36. The Balaban J connectivity index is 2.16. The third-order valence-corrected chi connectivity index (χ3v) is 3.06. The minimum atomic E-state index is 0.409. The van der Waals surface area contributed by atoms with E-state index >= 15 is 0 Å². The summed E-state index contributed by atoms with van der Waals surface area (Å²) in [6.07, 6.45) is 5.71. The maximum absolute atomic E-state index is 5.41. The molecular weight excluding hydrogens is 156 g/mol. The van der Waals surface area contributed by atoms with Gasteiger partial charge in [-0.25, -0.2) is 0 Å². The lowest BCUT2D eigenvalue weighted by Gasteiger charge is -2.40. The van der Waals surface area contributed by atoms with Crippen LogP contribution < -0.4 is 0 Å². The van der Waals surface area contributed by atoms with Crippen molar-refractivity contribution >= 4 is 12.6 Å². The molecule has 1 saturated carbocycles. The van der Waals surface area contributed by atoms with Crippen molar-refractivity contribution in [2.24, 2.45) is 5.41 Å². The highest BCUT2D eigenvalue weighted by molar-refractivity contribution is 7.80. The van der Waals surface area contributed by atoms with Gasteiger partial charge in [-0.15, -0.1) is 6.58 Å². The van der Waals surface area contributed by atoms with Crippen molar-refractivity contribution in [1.29, 1.82) is 0 Å². The predicted molar refractivity (Wildman–Crippen MR) is 51.2 cm³/mol. The Morgan fingerprint density at radius 1 is 1.55 bits per heavy atom. The zero-order valence-electron chi connectivity index (χ0n) is 6.88. The molecule has 0 bridgehead atoms. The van der Waals surface area contributed by atoms with Crippen LogP contribution in [0.5, 0.6) is 0 Å². The lowest BCUT2D eigenvalue weighted by atomic mass is 9.71. The van der Waals surface area contributed by atoms with Crippen LogP contribution in [-0.2, 0) is 4.74 Å². The first-order chi connectivity index (χ1) is 5.33. The lowest BCUT2D eigenvalue weighted by molar-refractivity contribution is 0.0223. The molecule has 0 aromatic carbocycles. The molecule has 0 atom stereocenters. The standard InChI is InChI=1S/C9H16OS/c1-2-6-10-7-9(8-11)4-3-5-9/h2,11H,1,3-8H2.